The van der Waals surface area contributed by atoms with Crippen LogP contribution in [0.15, 0.2) is 174 Å². The number of hydrogen-bond acceptors (Lipinski definition) is 6. The van der Waals surface area contributed by atoms with Crippen LogP contribution in [0.5, 0.6) is 5.75 Å². The molecule has 0 spiro atoms. The van der Waals surface area contributed by atoms with E-state index in [0.717, 1.165) is 52.2 Å². The van der Waals surface area contributed by atoms with Gasteiger partial charge in [0.1, 0.15) is 11.5 Å². The summed E-state index contributed by atoms with van der Waals surface area (Å²) in [4.78, 5) is 5.73. The number of allylic oxidation sites excluding steroid dienone is 3. The molecule has 1 aliphatic rings. The van der Waals surface area contributed by atoms with Gasteiger partial charge in [-0.15, -0.1) is 10.2 Å². The molecule has 57 heavy (non-hydrogen) atoms. The molecule has 7 heteroatoms. The van der Waals surface area contributed by atoms with Crippen molar-refractivity contribution in [3.05, 3.63) is 203 Å². The summed E-state index contributed by atoms with van der Waals surface area (Å²) in [6.45, 7) is 12.1. The molecule has 7 aromatic rings. The molecular weight excluding hydrogens is 703 g/mol. The molecule has 6 aromatic carbocycles. The summed E-state index contributed by atoms with van der Waals surface area (Å²) < 4.78 is 12.3. The van der Waals surface area contributed by atoms with Gasteiger partial charge in [-0.25, -0.2) is 10.1 Å². The molecular formula is C50H39N5O2. The van der Waals surface area contributed by atoms with Gasteiger partial charge >= 0.3 is 0 Å². The Labute approximate surface area is 333 Å². The van der Waals surface area contributed by atoms with Gasteiger partial charge in [0.2, 0.25) is 11.8 Å². The number of fused-ring (bicyclic) bond motifs is 1. The highest BCUT2D eigenvalue weighted by Gasteiger charge is 2.22. The highest BCUT2D eigenvalue weighted by molar-refractivity contribution is 5.92. The van der Waals surface area contributed by atoms with Gasteiger partial charge in [0.25, 0.3) is 5.70 Å². The van der Waals surface area contributed by atoms with Crippen LogP contribution in [0.4, 0.5) is 17.1 Å². The van der Waals surface area contributed by atoms with Gasteiger partial charge in [-0.1, -0.05) is 92.7 Å². The summed E-state index contributed by atoms with van der Waals surface area (Å²) in [5.41, 5.74) is 9.66. The second kappa shape index (κ2) is 16.5. The van der Waals surface area contributed by atoms with E-state index in [1.54, 1.807) is 6.08 Å². The smallest absolute Gasteiger partial charge is 0.269 e. The van der Waals surface area contributed by atoms with Crippen LogP contribution in [-0.2, 0) is 0 Å². The van der Waals surface area contributed by atoms with E-state index >= 15 is 0 Å². The first kappa shape index (κ1) is 36.5. The summed E-state index contributed by atoms with van der Waals surface area (Å²) in [6.07, 6.45) is 3.84. The third-order valence-corrected chi connectivity index (χ3v) is 10.5. The van der Waals surface area contributed by atoms with Crippen LogP contribution < -0.4 is 9.64 Å². The molecule has 2 atom stereocenters. The molecule has 7 nitrogen and oxygen atoms in total. The first-order valence-electron chi connectivity index (χ1n) is 19.1. The van der Waals surface area contributed by atoms with Gasteiger partial charge in [-0.2, -0.15) is 0 Å². The zero-order chi connectivity index (χ0) is 39.1. The maximum Gasteiger partial charge on any atom is 0.269 e. The highest BCUT2D eigenvalue weighted by Crippen LogP contribution is 2.41. The number of nitriles is 1. The standard InChI is InChI=1S/C50H39N5O2/c1-4-35(37-19-21-40(22-20-37)50-54-53-49(57-50)39-13-7-5-8-14-39)31-34(2)36-23-27-42(28-24-36)55(41-15-9-6-10-16-41)43-29-25-38(26-30-43)48-32-45(46(33-51)52-3)44-17-11-12-18-47(44)56-48/h5-30,32,34-35H,4,31H2,1-2H3/b46-45+. The number of rotatable bonds is 11. The third kappa shape index (κ3) is 7.73. The van der Waals surface area contributed by atoms with Gasteiger partial charge < -0.3 is 14.1 Å². The molecule has 0 radical (unpaired) electrons. The molecule has 0 bridgehead atoms. The van der Waals surface area contributed by atoms with Crippen molar-refractivity contribution in [3.63, 3.8) is 0 Å². The second-order valence-corrected chi connectivity index (χ2v) is 14.0. The number of aromatic nitrogens is 2. The van der Waals surface area contributed by atoms with Gasteiger partial charge in [-0.05, 0) is 121 Å². The topological polar surface area (TPSA) is 79.5 Å². The van der Waals surface area contributed by atoms with Crippen LogP contribution in [0.1, 0.15) is 60.8 Å². The van der Waals surface area contributed by atoms with E-state index < -0.39 is 0 Å². The van der Waals surface area contributed by atoms with Crippen molar-refractivity contribution in [2.45, 2.75) is 38.5 Å². The van der Waals surface area contributed by atoms with Gasteiger partial charge in [0.15, 0.2) is 0 Å². The largest absolute Gasteiger partial charge is 0.456 e. The third-order valence-electron chi connectivity index (χ3n) is 10.5. The molecule has 0 saturated carbocycles. The maximum atomic E-state index is 9.68. The molecule has 0 aliphatic carbocycles. The van der Waals surface area contributed by atoms with Crippen molar-refractivity contribution in [2.24, 2.45) is 0 Å². The predicted molar refractivity (Wildman–Crippen MR) is 227 cm³/mol. The summed E-state index contributed by atoms with van der Waals surface area (Å²) in [5.74, 6) is 2.97. The van der Waals surface area contributed by atoms with E-state index in [2.05, 4.69) is 107 Å². The molecule has 2 unspecified atom stereocenters. The Bertz CT molecular complexity index is 2620. The van der Waals surface area contributed by atoms with Gasteiger partial charge in [0, 0.05) is 44.9 Å². The Kier molecular flexibility index (Phi) is 10.6. The average molecular weight is 742 g/mol. The van der Waals surface area contributed by atoms with Crippen molar-refractivity contribution in [1.29, 1.82) is 5.26 Å². The number of benzene rings is 6. The quantitative estimate of drug-likeness (QED) is 0.0970. The number of nitrogens with zero attached hydrogens (tertiary/aromatic N) is 5. The molecule has 0 N–H and O–H groups in total. The molecule has 0 fully saturated rings. The lowest BCUT2D eigenvalue weighted by molar-refractivity contribution is 0.509. The molecule has 8 rings (SSSR count). The Hall–Kier alpha value is -7.48. The SMILES string of the molecule is [C-]#[N+]/C(C#N)=C1\C=C(c2ccc(N(c3ccccc3)c3ccc(C(C)CC(CC)c4ccc(-c5nnc(-c6ccccc6)o5)cc4)cc3)cc2)Oc2ccccc21. The molecule has 1 aromatic heterocycles. The number of para-hydroxylation sites is 2. The van der Waals surface area contributed by atoms with E-state index in [0.29, 0.717) is 40.7 Å². The summed E-state index contributed by atoms with van der Waals surface area (Å²) >= 11 is 0. The number of ether oxygens (including phenoxy) is 1. The summed E-state index contributed by atoms with van der Waals surface area (Å²) in [5, 5.41) is 18.2. The summed E-state index contributed by atoms with van der Waals surface area (Å²) in [7, 11) is 0. The van der Waals surface area contributed by atoms with Crippen LogP contribution in [0.2, 0.25) is 0 Å². The minimum Gasteiger partial charge on any atom is -0.456 e. The van der Waals surface area contributed by atoms with Crippen molar-refractivity contribution >= 4 is 28.4 Å². The highest BCUT2D eigenvalue weighted by atomic mass is 16.5. The predicted octanol–water partition coefficient (Wildman–Crippen LogP) is 13.1. The lowest BCUT2D eigenvalue weighted by atomic mass is 9.84. The van der Waals surface area contributed by atoms with E-state index in [1.165, 1.54) is 11.1 Å². The lowest BCUT2D eigenvalue weighted by Crippen LogP contribution is -2.10. The fourth-order valence-corrected chi connectivity index (χ4v) is 7.41. The van der Waals surface area contributed by atoms with Crippen LogP contribution in [0.3, 0.4) is 0 Å². The van der Waals surface area contributed by atoms with Crippen molar-refractivity contribution in [2.75, 3.05) is 4.90 Å². The van der Waals surface area contributed by atoms with Gasteiger partial charge in [-0.3, -0.25) is 0 Å². The van der Waals surface area contributed by atoms with E-state index in [-0.39, 0.29) is 5.70 Å². The fourth-order valence-electron chi connectivity index (χ4n) is 7.41. The van der Waals surface area contributed by atoms with Crippen molar-refractivity contribution < 1.29 is 9.15 Å². The molecule has 1 aliphatic heterocycles. The zero-order valence-corrected chi connectivity index (χ0v) is 31.7. The fraction of sp³-hybridized carbons (Fsp3) is 0.120. The van der Waals surface area contributed by atoms with Crippen molar-refractivity contribution in [3.8, 4) is 34.7 Å². The first-order valence-corrected chi connectivity index (χ1v) is 19.1. The Morgan fingerprint density at radius 3 is 1.86 bits per heavy atom. The number of hydrogen-bond donors (Lipinski definition) is 0. The van der Waals surface area contributed by atoms with Crippen LogP contribution in [0, 0.1) is 17.9 Å². The van der Waals surface area contributed by atoms with E-state index in [4.69, 9.17) is 15.7 Å². The summed E-state index contributed by atoms with van der Waals surface area (Å²) in [6, 6.07) is 55.3. The van der Waals surface area contributed by atoms with Gasteiger partial charge in [0.05, 0.1) is 12.6 Å². The van der Waals surface area contributed by atoms with E-state index in [9.17, 15) is 5.26 Å². The van der Waals surface area contributed by atoms with E-state index in [1.807, 2.05) is 91.0 Å². The minimum atomic E-state index is 0.0339. The first-order chi connectivity index (χ1) is 28.0. The van der Waals surface area contributed by atoms with Crippen molar-refractivity contribution in [1.82, 2.24) is 10.2 Å². The molecule has 276 valence electrons. The normalized spacial score (nSPS) is 13.9. The zero-order valence-electron chi connectivity index (χ0n) is 31.7. The number of anilines is 3. The lowest BCUT2D eigenvalue weighted by Gasteiger charge is -2.27. The molecule has 0 saturated heterocycles. The van der Waals surface area contributed by atoms with Crippen LogP contribution in [0.25, 0.3) is 39.1 Å². The molecule has 0 amide bonds. The Balaban J connectivity index is 0.998. The molecule has 2 heterocycles. The Morgan fingerprint density at radius 2 is 1.23 bits per heavy atom. The maximum absolute atomic E-state index is 9.68. The average Bonchev–Trinajstić information content (AvgIpc) is 3.78. The van der Waals surface area contributed by atoms with Crippen LogP contribution in [-0.4, -0.2) is 10.2 Å². The van der Waals surface area contributed by atoms with Crippen LogP contribution >= 0.6 is 0 Å². The Morgan fingerprint density at radius 1 is 0.684 bits per heavy atom. The minimum absolute atomic E-state index is 0.0339. The monoisotopic (exact) mass is 741 g/mol. The second-order valence-electron chi connectivity index (χ2n) is 14.0.